The molecule has 0 radical (unpaired) electrons. The van der Waals surface area contributed by atoms with Crippen molar-refractivity contribution in [2.45, 2.75) is 46.1 Å². The van der Waals surface area contributed by atoms with Crippen molar-refractivity contribution in [1.82, 2.24) is 5.32 Å². The average Bonchev–Trinajstić information content (AvgIpc) is 2.75. The Labute approximate surface area is 111 Å². The van der Waals surface area contributed by atoms with Crippen LogP contribution in [0.5, 0.6) is 5.75 Å². The molecular weight excluding hydrogens is 222 g/mol. The molecule has 0 saturated heterocycles. The molecule has 0 spiro atoms. The predicted molar refractivity (Wildman–Crippen MR) is 76.3 cm³/mol. The fourth-order valence-corrected chi connectivity index (χ4v) is 2.58. The highest BCUT2D eigenvalue weighted by Crippen LogP contribution is 2.27. The van der Waals surface area contributed by atoms with Gasteiger partial charge in [-0.1, -0.05) is 26.8 Å². The third-order valence-corrected chi connectivity index (χ3v) is 3.88. The van der Waals surface area contributed by atoms with Gasteiger partial charge in [-0.3, -0.25) is 0 Å². The molecule has 1 aliphatic carbocycles. The van der Waals surface area contributed by atoms with Crippen molar-refractivity contribution < 1.29 is 4.74 Å². The van der Waals surface area contributed by atoms with Gasteiger partial charge in [0.1, 0.15) is 12.4 Å². The third kappa shape index (κ3) is 3.05. The van der Waals surface area contributed by atoms with Crippen LogP contribution in [0.1, 0.15) is 38.3 Å². The molecule has 0 aliphatic heterocycles. The molecular formula is C16H25NO. The number of likely N-dealkylation sites (N-methyl/N-ethyl adjacent to an activating group) is 1. The summed E-state index contributed by atoms with van der Waals surface area (Å²) >= 11 is 0. The molecule has 0 fully saturated rings. The minimum Gasteiger partial charge on any atom is -0.492 e. The van der Waals surface area contributed by atoms with E-state index in [0.29, 0.717) is 6.04 Å². The zero-order chi connectivity index (χ0) is 13.2. The van der Waals surface area contributed by atoms with Crippen molar-refractivity contribution in [2.24, 2.45) is 5.41 Å². The first-order valence-corrected chi connectivity index (χ1v) is 6.92. The fraction of sp³-hybridized carbons (Fsp3) is 0.625. The van der Waals surface area contributed by atoms with Gasteiger partial charge in [0.15, 0.2) is 0 Å². The molecule has 2 rings (SSSR count). The van der Waals surface area contributed by atoms with Crippen LogP contribution in [0.25, 0.3) is 0 Å². The van der Waals surface area contributed by atoms with Crippen molar-refractivity contribution in [3.05, 3.63) is 29.3 Å². The van der Waals surface area contributed by atoms with Gasteiger partial charge in [-0.15, -0.1) is 0 Å². The van der Waals surface area contributed by atoms with E-state index >= 15 is 0 Å². The van der Waals surface area contributed by atoms with E-state index in [1.807, 2.05) is 7.05 Å². The van der Waals surface area contributed by atoms with Crippen molar-refractivity contribution in [2.75, 3.05) is 13.7 Å². The molecule has 1 atom stereocenters. The average molecular weight is 247 g/mol. The van der Waals surface area contributed by atoms with E-state index in [1.165, 1.54) is 30.4 Å². The normalized spacial score (nSPS) is 16.4. The standard InChI is InChI=1S/C16H25NO/c1-16(2,3)15(17-4)11-18-14-9-8-12-6-5-7-13(12)10-14/h8-10,15,17H,5-7,11H2,1-4H3. The molecule has 18 heavy (non-hydrogen) atoms. The highest BCUT2D eigenvalue weighted by Gasteiger charge is 2.23. The van der Waals surface area contributed by atoms with Crippen molar-refractivity contribution in [3.63, 3.8) is 0 Å². The lowest BCUT2D eigenvalue weighted by molar-refractivity contribution is 0.181. The molecule has 1 N–H and O–H groups in total. The van der Waals surface area contributed by atoms with Crippen LogP contribution in [0.15, 0.2) is 18.2 Å². The summed E-state index contributed by atoms with van der Waals surface area (Å²) in [4.78, 5) is 0. The Morgan fingerprint density at radius 2 is 1.94 bits per heavy atom. The third-order valence-electron chi connectivity index (χ3n) is 3.88. The van der Waals surface area contributed by atoms with E-state index in [9.17, 15) is 0 Å². The van der Waals surface area contributed by atoms with E-state index in [2.05, 4.69) is 44.3 Å². The lowest BCUT2D eigenvalue weighted by atomic mass is 9.87. The van der Waals surface area contributed by atoms with E-state index in [1.54, 1.807) is 0 Å². The number of ether oxygens (including phenoxy) is 1. The second kappa shape index (κ2) is 5.31. The topological polar surface area (TPSA) is 21.3 Å². The highest BCUT2D eigenvalue weighted by molar-refractivity contribution is 5.38. The first kappa shape index (κ1) is 13.4. The van der Waals surface area contributed by atoms with Crippen LogP contribution in [0, 0.1) is 5.41 Å². The van der Waals surface area contributed by atoms with Crippen LogP contribution >= 0.6 is 0 Å². The quantitative estimate of drug-likeness (QED) is 0.882. The van der Waals surface area contributed by atoms with E-state index < -0.39 is 0 Å². The number of aryl methyl sites for hydroxylation is 2. The van der Waals surface area contributed by atoms with Crippen LogP contribution in [0.3, 0.4) is 0 Å². The molecule has 100 valence electrons. The SMILES string of the molecule is CNC(COc1ccc2c(c1)CCC2)C(C)(C)C. The number of benzene rings is 1. The summed E-state index contributed by atoms with van der Waals surface area (Å²) in [5.41, 5.74) is 3.19. The van der Waals surface area contributed by atoms with E-state index in [-0.39, 0.29) is 5.41 Å². The predicted octanol–water partition coefficient (Wildman–Crippen LogP) is 3.19. The molecule has 0 saturated carbocycles. The number of rotatable bonds is 4. The number of hydrogen-bond donors (Lipinski definition) is 1. The van der Waals surface area contributed by atoms with Crippen LogP contribution in [0.4, 0.5) is 0 Å². The van der Waals surface area contributed by atoms with Gasteiger partial charge >= 0.3 is 0 Å². The largest absolute Gasteiger partial charge is 0.492 e. The molecule has 1 aromatic rings. The van der Waals surface area contributed by atoms with Gasteiger partial charge in [0.2, 0.25) is 0 Å². The summed E-state index contributed by atoms with van der Waals surface area (Å²) in [6.07, 6.45) is 3.73. The van der Waals surface area contributed by atoms with Crippen molar-refractivity contribution in [3.8, 4) is 5.75 Å². The van der Waals surface area contributed by atoms with Gasteiger partial charge in [0.05, 0.1) is 0 Å². The second-order valence-electron chi connectivity index (χ2n) is 6.30. The highest BCUT2D eigenvalue weighted by atomic mass is 16.5. The Morgan fingerprint density at radius 1 is 1.22 bits per heavy atom. The molecule has 0 bridgehead atoms. The number of nitrogens with one attached hydrogen (secondary N) is 1. The molecule has 1 aromatic carbocycles. The van der Waals surface area contributed by atoms with E-state index in [0.717, 1.165) is 12.4 Å². The van der Waals surface area contributed by atoms with Gasteiger partial charge < -0.3 is 10.1 Å². The van der Waals surface area contributed by atoms with Gasteiger partial charge in [0, 0.05) is 6.04 Å². The monoisotopic (exact) mass is 247 g/mol. The molecule has 1 aliphatic rings. The summed E-state index contributed by atoms with van der Waals surface area (Å²) in [6, 6.07) is 6.92. The van der Waals surface area contributed by atoms with Crippen LogP contribution in [-0.2, 0) is 12.8 Å². The first-order valence-electron chi connectivity index (χ1n) is 6.92. The Hall–Kier alpha value is -1.02. The van der Waals surface area contributed by atoms with Crippen LogP contribution in [0.2, 0.25) is 0 Å². The number of hydrogen-bond acceptors (Lipinski definition) is 2. The molecule has 0 aromatic heterocycles. The molecule has 0 heterocycles. The minimum atomic E-state index is 0.214. The Bertz CT molecular complexity index is 406. The Balaban J connectivity index is 1.98. The van der Waals surface area contributed by atoms with Gasteiger partial charge in [-0.25, -0.2) is 0 Å². The first-order chi connectivity index (χ1) is 8.50. The minimum absolute atomic E-state index is 0.214. The fourth-order valence-electron chi connectivity index (χ4n) is 2.58. The van der Waals surface area contributed by atoms with E-state index in [4.69, 9.17) is 4.74 Å². The summed E-state index contributed by atoms with van der Waals surface area (Å²) in [5, 5.41) is 3.34. The summed E-state index contributed by atoms with van der Waals surface area (Å²) in [7, 11) is 2.00. The second-order valence-corrected chi connectivity index (χ2v) is 6.30. The van der Waals surface area contributed by atoms with Crippen molar-refractivity contribution in [1.29, 1.82) is 0 Å². The molecule has 2 heteroatoms. The summed E-state index contributed by atoms with van der Waals surface area (Å²) in [5.74, 6) is 1.01. The zero-order valence-corrected chi connectivity index (χ0v) is 12.0. The van der Waals surface area contributed by atoms with Gasteiger partial charge in [-0.2, -0.15) is 0 Å². The van der Waals surface area contributed by atoms with Crippen LogP contribution < -0.4 is 10.1 Å². The van der Waals surface area contributed by atoms with Gasteiger partial charge in [-0.05, 0) is 55.0 Å². The summed E-state index contributed by atoms with van der Waals surface area (Å²) in [6.45, 7) is 7.43. The number of fused-ring (bicyclic) bond motifs is 1. The molecule has 0 amide bonds. The zero-order valence-electron chi connectivity index (χ0n) is 12.0. The molecule has 1 unspecified atom stereocenters. The lowest BCUT2D eigenvalue weighted by Gasteiger charge is -2.30. The maximum Gasteiger partial charge on any atom is 0.119 e. The Kier molecular flexibility index (Phi) is 3.96. The van der Waals surface area contributed by atoms with Crippen LogP contribution in [-0.4, -0.2) is 19.7 Å². The maximum atomic E-state index is 5.95. The van der Waals surface area contributed by atoms with Gasteiger partial charge in [0.25, 0.3) is 0 Å². The maximum absolute atomic E-state index is 5.95. The Morgan fingerprint density at radius 3 is 2.61 bits per heavy atom. The summed E-state index contributed by atoms with van der Waals surface area (Å²) < 4.78 is 5.95. The van der Waals surface area contributed by atoms with Crippen molar-refractivity contribution >= 4 is 0 Å². The molecule has 2 nitrogen and oxygen atoms in total. The lowest BCUT2D eigenvalue weighted by Crippen LogP contribution is -2.42. The smallest absolute Gasteiger partial charge is 0.119 e.